The average Bonchev–Trinajstić information content (AvgIpc) is 3.69. The Bertz CT molecular complexity index is 2050. The third kappa shape index (κ3) is 8.57. The lowest BCUT2D eigenvalue weighted by Crippen LogP contribution is -2.68. The first kappa shape index (κ1) is 45.0. The van der Waals surface area contributed by atoms with E-state index in [1.165, 1.54) is 7.11 Å². The number of ether oxygens (including phenoxy) is 3. The fraction of sp³-hybridized carbons (Fsp3) is 0.420. The number of aliphatic hydroxyl groups is 3. The molecule has 7 rings (SSSR count). The molecule has 0 saturated carbocycles. The summed E-state index contributed by atoms with van der Waals surface area (Å²) in [5.74, 6) is -0.956. The number of fused-ring (bicyclic) bond motifs is 1. The van der Waals surface area contributed by atoms with Crippen LogP contribution in [0.3, 0.4) is 0 Å². The summed E-state index contributed by atoms with van der Waals surface area (Å²) in [7, 11) is -4.59. The summed E-state index contributed by atoms with van der Waals surface area (Å²) in [6.45, 7) is 13.5. The monoisotopic (exact) mass is 862 g/mol. The normalized spacial score (nSPS) is 25.9. The molecule has 9 nitrogen and oxygen atoms in total. The van der Waals surface area contributed by atoms with Crippen molar-refractivity contribution in [2.45, 2.75) is 101 Å². The Morgan fingerprint density at radius 2 is 1.10 bits per heavy atom. The van der Waals surface area contributed by atoms with Gasteiger partial charge in [0.1, 0.15) is 24.4 Å². The number of carbonyl (C=O) groups is 1. The molecule has 61 heavy (non-hydrogen) atoms. The highest BCUT2D eigenvalue weighted by Crippen LogP contribution is 2.47. The lowest BCUT2D eigenvalue weighted by Gasteiger charge is -2.47. The quantitative estimate of drug-likeness (QED) is 0.0923. The van der Waals surface area contributed by atoms with Gasteiger partial charge in [-0.25, -0.2) is 4.79 Å². The summed E-state index contributed by atoms with van der Waals surface area (Å²) >= 11 is 0. The molecule has 0 amide bonds. The molecular weight excluding hydrogens is 801 g/mol. The zero-order chi connectivity index (χ0) is 43.6. The molecule has 3 aliphatic rings. The van der Waals surface area contributed by atoms with Crippen LogP contribution in [0.15, 0.2) is 145 Å². The Balaban J connectivity index is 1.18. The predicted molar refractivity (Wildman–Crippen MR) is 243 cm³/mol. The van der Waals surface area contributed by atoms with E-state index in [1.807, 2.05) is 54.6 Å². The molecule has 0 bridgehead atoms. The molecule has 1 aliphatic heterocycles. The van der Waals surface area contributed by atoms with Crippen LogP contribution in [-0.2, 0) is 27.9 Å². The van der Waals surface area contributed by atoms with Gasteiger partial charge in [0, 0.05) is 17.4 Å². The van der Waals surface area contributed by atoms with Crippen molar-refractivity contribution in [2.75, 3.05) is 20.3 Å². The smallest absolute Gasteiger partial charge is 0.333 e. The summed E-state index contributed by atoms with van der Waals surface area (Å²) in [4.78, 5) is 13.2. The molecule has 0 aromatic heterocycles. The molecule has 1 fully saturated rings. The molecule has 8 atom stereocenters. The highest BCUT2D eigenvalue weighted by molar-refractivity contribution is 7.00. The Kier molecular flexibility index (Phi) is 13.6. The summed E-state index contributed by atoms with van der Waals surface area (Å²) < 4.78 is 33.0. The van der Waals surface area contributed by atoms with Crippen LogP contribution in [-0.4, -0.2) is 95.1 Å². The van der Waals surface area contributed by atoms with E-state index in [0.29, 0.717) is 25.0 Å². The van der Waals surface area contributed by atoms with Crippen LogP contribution in [0.5, 0.6) is 0 Å². The van der Waals surface area contributed by atoms with Crippen molar-refractivity contribution in [3.63, 3.8) is 0 Å². The minimum Gasteiger partial charge on any atom is -0.466 e. The number of carbonyl (C=O) groups excluding carboxylic acids is 1. The van der Waals surface area contributed by atoms with E-state index in [0.717, 1.165) is 26.3 Å². The zero-order valence-corrected chi connectivity index (χ0v) is 38.4. The Labute approximate surface area is 363 Å². The summed E-state index contributed by atoms with van der Waals surface area (Å²) in [5, 5.41) is 38.2. The van der Waals surface area contributed by atoms with Gasteiger partial charge >= 0.3 is 5.97 Å². The van der Waals surface area contributed by atoms with E-state index in [9.17, 15) is 20.1 Å². The first-order valence-electron chi connectivity index (χ1n) is 21.5. The maximum atomic E-state index is 13.2. The molecule has 4 aromatic carbocycles. The van der Waals surface area contributed by atoms with Crippen LogP contribution in [0.2, 0.25) is 10.1 Å². The first-order valence-corrected chi connectivity index (χ1v) is 25.3. The molecule has 1 heterocycles. The number of rotatable bonds is 13. The highest BCUT2D eigenvalue weighted by Gasteiger charge is 2.54. The number of methoxy groups -OCH3 is 1. The maximum absolute atomic E-state index is 13.2. The average molecular weight is 863 g/mol. The highest BCUT2D eigenvalue weighted by atomic mass is 28.4. The minimum absolute atomic E-state index is 0.0569. The van der Waals surface area contributed by atoms with E-state index >= 15 is 0 Å². The zero-order valence-electron chi connectivity index (χ0n) is 36.4. The third-order valence-corrected chi connectivity index (χ3v) is 23.0. The summed E-state index contributed by atoms with van der Waals surface area (Å²) in [5.41, 5.74) is 1.58. The molecule has 11 heteroatoms. The molecule has 4 aromatic rings. The van der Waals surface area contributed by atoms with Crippen LogP contribution in [0.25, 0.3) is 0 Å². The van der Waals surface area contributed by atoms with E-state index < -0.39 is 53.4 Å². The molecular formula is C50H62O9Si2. The molecule has 2 aliphatic carbocycles. The van der Waals surface area contributed by atoms with Crippen molar-refractivity contribution in [3.8, 4) is 0 Å². The summed E-state index contributed by atoms with van der Waals surface area (Å²) in [6.07, 6.45) is -2.52. The standard InChI is InChI=1S/C50H62O9Si2/c1-49(2,3)60(35-20-12-8-13-21-35,36-22-14-9-15-23-36)56-32-34-28-29-39-40(47(54)55-7)30-31-41(43(34)39)58-48-46(53)45(52)44(51)42(59-48)33-57-61(50(4,5)6,37-24-16-10-17-25-37)38-26-18-11-19-27-38/h8-28,30,39,41-46,48,51-53H,29,31-33H2,1-7H3/t39-,41-,42?,43-,44?,45?,46?,48?/m1/s1. The largest absolute Gasteiger partial charge is 0.466 e. The molecule has 0 radical (unpaired) electrons. The van der Waals surface area contributed by atoms with E-state index in [-0.39, 0.29) is 34.5 Å². The van der Waals surface area contributed by atoms with Gasteiger partial charge in [-0.1, -0.05) is 175 Å². The fourth-order valence-corrected chi connectivity index (χ4v) is 19.2. The van der Waals surface area contributed by atoms with Crippen molar-refractivity contribution in [3.05, 3.63) is 145 Å². The van der Waals surface area contributed by atoms with Crippen molar-refractivity contribution in [2.24, 2.45) is 11.8 Å². The van der Waals surface area contributed by atoms with Crippen molar-refractivity contribution in [1.29, 1.82) is 0 Å². The number of benzene rings is 4. The van der Waals surface area contributed by atoms with Gasteiger partial charge in [0.25, 0.3) is 16.6 Å². The van der Waals surface area contributed by atoms with Gasteiger partial charge in [-0.15, -0.1) is 0 Å². The molecule has 1 saturated heterocycles. The van der Waals surface area contributed by atoms with Gasteiger partial charge in [-0.2, -0.15) is 0 Å². The maximum Gasteiger partial charge on any atom is 0.333 e. The van der Waals surface area contributed by atoms with Gasteiger partial charge in [0.2, 0.25) is 0 Å². The summed E-state index contributed by atoms with van der Waals surface area (Å²) in [6, 6.07) is 41.3. The van der Waals surface area contributed by atoms with Gasteiger partial charge < -0.3 is 38.4 Å². The van der Waals surface area contributed by atoms with Gasteiger partial charge in [0.15, 0.2) is 6.29 Å². The van der Waals surface area contributed by atoms with Crippen LogP contribution in [0.1, 0.15) is 54.4 Å². The SMILES string of the molecule is COC(=O)C1=CC[C@@H](OC2OC(CO[Si](c3ccccc3)(c3ccccc3)C(C)(C)C)C(O)C(O)C2O)[C@@H]2C(CO[Si](c3ccccc3)(c3ccccc3)C(C)(C)C)=CC[C@H]12. The Hall–Kier alpha value is -4.02. The van der Waals surface area contributed by atoms with Gasteiger partial charge in [0.05, 0.1) is 26.4 Å². The second-order valence-electron chi connectivity index (χ2n) is 18.6. The molecule has 3 N–H and O–H groups in total. The first-order chi connectivity index (χ1) is 29.1. The van der Waals surface area contributed by atoms with Crippen LogP contribution < -0.4 is 20.7 Å². The molecule has 0 spiro atoms. The van der Waals surface area contributed by atoms with Gasteiger partial charge in [-0.05, 0) is 49.2 Å². The van der Waals surface area contributed by atoms with E-state index in [4.69, 9.17) is 23.1 Å². The predicted octanol–water partition coefficient (Wildman–Crippen LogP) is 5.40. The molecule has 324 valence electrons. The second-order valence-corrected chi connectivity index (χ2v) is 27.3. The lowest BCUT2D eigenvalue weighted by atomic mass is 9.76. The van der Waals surface area contributed by atoms with E-state index in [2.05, 4.69) is 120 Å². The van der Waals surface area contributed by atoms with Crippen molar-refractivity contribution in [1.82, 2.24) is 0 Å². The van der Waals surface area contributed by atoms with Crippen molar-refractivity contribution >= 4 is 43.4 Å². The number of hydrogen-bond donors (Lipinski definition) is 3. The van der Waals surface area contributed by atoms with E-state index in [1.54, 1.807) is 0 Å². The third-order valence-electron chi connectivity index (χ3n) is 13.0. The Morgan fingerprint density at radius 3 is 1.54 bits per heavy atom. The fourth-order valence-electron chi connectivity index (χ4n) is 10.1. The molecule has 5 unspecified atom stereocenters. The number of aliphatic hydroxyl groups excluding tert-OH is 3. The topological polar surface area (TPSA) is 124 Å². The number of esters is 1. The van der Waals surface area contributed by atoms with Gasteiger partial charge in [-0.3, -0.25) is 0 Å². The number of allylic oxidation sites excluding steroid dienone is 1. The second kappa shape index (κ2) is 18.4. The van der Waals surface area contributed by atoms with Crippen LogP contribution in [0.4, 0.5) is 0 Å². The lowest BCUT2D eigenvalue weighted by molar-refractivity contribution is -0.314. The van der Waals surface area contributed by atoms with Crippen LogP contribution >= 0.6 is 0 Å². The van der Waals surface area contributed by atoms with Crippen molar-refractivity contribution < 1.29 is 43.2 Å². The Morgan fingerprint density at radius 1 is 0.639 bits per heavy atom. The number of hydrogen-bond acceptors (Lipinski definition) is 9. The minimum atomic E-state index is -3.05. The van der Waals surface area contributed by atoms with Crippen LogP contribution in [0, 0.1) is 11.8 Å².